The fourth-order valence-corrected chi connectivity index (χ4v) is 4.41. The van der Waals surface area contributed by atoms with Crippen LogP contribution in [0.1, 0.15) is 31.4 Å². The molecule has 1 saturated heterocycles. The highest BCUT2D eigenvalue weighted by atomic mass is 32.2. The first-order valence-electron chi connectivity index (χ1n) is 5.83. The lowest BCUT2D eigenvalue weighted by Gasteiger charge is -2.24. The van der Waals surface area contributed by atoms with Crippen molar-refractivity contribution in [3.63, 3.8) is 0 Å². The highest BCUT2D eigenvalue weighted by Crippen LogP contribution is 2.19. The van der Waals surface area contributed by atoms with Gasteiger partial charge in [-0.25, -0.2) is 13.1 Å². The van der Waals surface area contributed by atoms with Crippen molar-refractivity contribution in [3.8, 4) is 0 Å². The van der Waals surface area contributed by atoms with Crippen molar-refractivity contribution in [1.29, 1.82) is 0 Å². The molecular weight excluding hydrogens is 256 g/mol. The van der Waals surface area contributed by atoms with E-state index in [1.807, 2.05) is 23.8 Å². The van der Waals surface area contributed by atoms with Crippen LogP contribution >= 0.6 is 11.3 Å². The Morgan fingerprint density at radius 3 is 3.00 bits per heavy atom. The number of hydrogen-bond acceptors (Lipinski definition) is 4. The van der Waals surface area contributed by atoms with Gasteiger partial charge < -0.3 is 5.32 Å². The molecule has 1 fully saturated rings. The van der Waals surface area contributed by atoms with Crippen LogP contribution in [-0.2, 0) is 10.0 Å². The SMILES string of the molecule is CC(NS(=O)(=O)C1CCCNC1)c1ccsc1. The van der Waals surface area contributed by atoms with Crippen LogP contribution in [0, 0.1) is 0 Å². The molecule has 0 aromatic carbocycles. The van der Waals surface area contributed by atoms with Gasteiger partial charge in [0.05, 0.1) is 5.25 Å². The Morgan fingerprint density at radius 1 is 1.59 bits per heavy atom. The van der Waals surface area contributed by atoms with Crippen molar-refractivity contribution in [2.75, 3.05) is 13.1 Å². The average molecular weight is 274 g/mol. The van der Waals surface area contributed by atoms with Gasteiger partial charge >= 0.3 is 0 Å². The van der Waals surface area contributed by atoms with Gasteiger partial charge in [0, 0.05) is 12.6 Å². The van der Waals surface area contributed by atoms with E-state index in [4.69, 9.17) is 0 Å². The Labute approximate surface area is 106 Å². The molecule has 0 aliphatic carbocycles. The molecule has 17 heavy (non-hydrogen) atoms. The van der Waals surface area contributed by atoms with Crippen LogP contribution in [-0.4, -0.2) is 26.8 Å². The third-order valence-electron chi connectivity index (χ3n) is 3.07. The van der Waals surface area contributed by atoms with Crippen molar-refractivity contribution >= 4 is 21.4 Å². The summed E-state index contributed by atoms with van der Waals surface area (Å²) < 4.78 is 27.1. The van der Waals surface area contributed by atoms with E-state index in [1.54, 1.807) is 11.3 Å². The van der Waals surface area contributed by atoms with Crippen LogP contribution in [0.25, 0.3) is 0 Å². The maximum absolute atomic E-state index is 12.1. The smallest absolute Gasteiger partial charge is 0.216 e. The fraction of sp³-hybridized carbons (Fsp3) is 0.636. The highest BCUT2D eigenvalue weighted by molar-refractivity contribution is 7.90. The van der Waals surface area contributed by atoms with Gasteiger partial charge in [0.15, 0.2) is 0 Å². The van der Waals surface area contributed by atoms with E-state index in [9.17, 15) is 8.42 Å². The summed E-state index contributed by atoms with van der Waals surface area (Å²) in [6.07, 6.45) is 1.68. The third kappa shape index (κ3) is 3.28. The van der Waals surface area contributed by atoms with E-state index in [1.165, 1.54) is 0 Å². The molecule has 0 amide bonds. The minimum atomic E-state index is -3.22. The molecule has 0 radical (unpaired) electrons. The van der Waals surface area contributed by atoms with Crippen molar-refractivity contribution in [2.45, 2.75) is 31.1 Å². The molecule has 2 unspecified atom stereocenters. The number of hydrogen-bond donors (Lipinski definition) is 2. The van der Waals surface area contributed by atoms with E-state index in [0.717, 1.165) is 24.9 Å². The molecule has 96 valence electrons. The van der Waals surface area contributed by atoms with Crippen LogP contribution in [0.4, 0.5) is 0 Å². The lowest BCUT2D eigenvalue weighted by molar-refractivity contribution is 0.485. The molecule has 2 atom stereocenters. The number of nitrogens with one attached hydrogen (secondary N) is 2. The van der Waals surface area contributed by atoms with E-state index >= 15 is 0 Å². The molecule has 6 heteroatoms. The minimum absolute atomic E-state index is 0.145. The van der Waals surface area contributed by atoms with Gasteiger partial charge in [-0.05, 0) is 48.7 Å². The molecule has 0 bridgehead atoms. The lowest BCUT2D eigenvalue weighted by atomic mass is 10.2. The van der Waals surface area contributed by atoms with Crippen LogP contribution < -0.4 is 10.0 Å². The zero-order chi connectivity index (χ0) is 12.3. The molecule has 1 aliphatic rings. The average Bonchev–Trinajstić information content (AvgIpc) is 2.83. The van der Waals surface area contributed by atoms with Crippen LogP contribution in [0.15, 0.2) is 16.8 Å². The van der Waals surface area contributed by atoms with Gasteiger partial charge in [-0.1, -0.05) is 0 Å². The maximum atomic E-state index is 12.1. The van der Waals surface area contributed by atoms with Crippen molar-refractivity contribution < 1.29 is 8.42 Å². The second-order valence-electron chi connectivity index (χ2n) is 4.41. The molecule has 1 aromatic rings. The van der Waals surface area contributed by atoms with Crippen molar-refractivity contribution in [1.82, 2.24) is 10.0 Å². The normalized spacial score (nSPS) is 23.5. The summed E-state index contributed by atoms with van der Waals surface area (Å²) in [5.74, 6) is 0. The Hall–Kier alpha value is -0.430. The quantitative estimate of drug-likeness (QED) is 0.874. The number of rotatable bonds is 4. The monoisotopic (exact) mass is 274 g/mol. The Kier molecular flexibility index (Phi) is 4.19. The van der Waals surface area contributed by atoms with Crippen molar-refractivity contribution in [2.24, 2.45) is 0 Å². The number of thiophene rings is 1. The van der Waals surface area contributed by atoms with E-state index in [2.05, 4.69) is 10.0 Å². The van der Waals surface area contributed by atoms with Gasteiger partial charge in [-0.3, -0.25) is 0 Å². The zero-order valence-corrected chi connectivity index (χ0v) is 11.5. The van der Waals surface area contributed by atoms with Crippen molar-refractivity contribution in [3.05, 3.63) is 22.4 Å². The van der Waals surface area contributed by atoms with Gasteiger partial charge in [0.1, 0.15) is 0 Å². The first-order valence-corrected chi connectivity index (χ1v) is 8.32. The molecule has 4 nitrogen and oxygen atoms in total. The Morgan fingerprint density at radius 2 is 2.41 bits per heavy atom. The largest absolute Gasteiger partial charge is 0.315 e. The molecule has 2 N–H and O–H groups in total. The van der Waals surface area contributed by atoms with Gasteiger partial charge in [0.2, 0.25) is 10.0 Å². The number of piperidine rings is 1. The summed E-state index contributed by atoms with van der Waals surface area (Å²) in [6.45, 7) is 3.37. The molecule has 1 aromatic heterocycles. The first kappa shape index (κ1) is 13.0. The van der Waals surface area contributed by atoms with E-state index in [-0.39, 0.29) is 11.3 Å². The molecule has 1 aliphatic heterocycles. The van der Waals surface area contributed by atoms with Crippen LogP contribution in [0.3, 0.4) is 0 Å². The van der Waals surface area contributed by atoms with E-state index in [0.29, 0.717) is 6.54 Å². The summed E-state index contributed by atoms with van der Waals surface area (Å²) in [6, 6.07) is 1.81. The predicted molar refractivity (Wildman–Crippen MR) is 70.7 cm³/mol. The highest BCUT2D eigenvalue weighted by Gasteiger charge is 2.28. The molecule has 0 spiro atoms. The molecule has 2 rings (SSSR count). The van der Waals surface area contributed by atoms with Gasteiger partial charge in [-0.15, -0.1) is 0 Å². The summed E-state index contributed by atoms with van der Waals surface area (Å²) in [7, 11) is -3.22. The summed E-state index contributed by atoms with van der Waals surface area (Å²) in [4.78, 5) is 0. The standard InChI is InChI=1S/C11H18N2O2S2/c1-9(10-4-6-16-8-10)13-17(14,15)11-3-2-5-12-7-11/h4,6,8-9,11-13H,2-3,5,7H2,1H3. The second kappa shape index (κ2) is 5.48. The number of sulfonamides is 1. The van der Waals surface area contributed by atoms with Crippen LogP contribution in [0.2, 0.25) is 0 Å². The van der Waals surface area contributed by atoms with Crippen LogP contribution in [0.5, 0.6) is 0 Å². The molecule has 0 saturated carbocycles. The zero-order valence-electron chi connectivity index (χ0n) is 9.85. The summed E-state index contributed by atoms with van der Waals surface area (Å²) >= 11 is 1.58. The van der Waals surface area contributed by atoms with E-state index < -0.39 is 10.0 Å². The first-order chi connectivity index (χ1) is 8.09. The third-order valence-corrected chi connectivity index (χ3v) is 5.74. The minimum Gasteiger partial charge on any atom is -0.315 e. The summed E-state index contributed by atoms with van der Waals surface area (Å²) in [5.41, 5.74) is 1.03. The summed E-state index contributed by atoms with van der Waals surface area (Å²) in [5, 5.41) is 6.78. The Balaban J connectivity index is 2.01. The lowest BCUT2D eigenvalue weighted by Crippen LogP contribution is -2.44. The van der Waals surface area contributed by atoms with Gasteiger partial charge in [0.25, 0.3) is 0 Å². The fourth-order valence-electron chi connectivity index (χ4n) is 2.02. The maximum Gasteiger partial charge on any atom is 0.216 e. The molecular formula is C11H18N2O2S2. The van der Waals surface area contributed by atoms with Gasteiger partial charge in [-0.2, -0.15) is 11.3 Å². The second-order valence-corrected chi connectivity index (χ2v) is 7.18. The molecule has 2 heterocycles. The predicted octanol–water partition coefficient (Wildman–Crippen LogP) is 1.48. The topological polar surface area (TPSA) is 58.2 Å². The Bertz CT molecular complexity index is 436.